The van der Waals surface area contributed by atoms with Gasteiger partial charge in [-0.3, -0.25) is 9.35 Å². The predicted octanol–water partition coefficient (Wildman–Crippen LogP) is 1.44. The van der Waals surface area contributed by atoms with Crippen molar-refractivity contribution in [3.05, 3.63) is 24.3 Å². The van der Waals surface area contributed by atoms with Crippen molar-refractivity contribution in [3.8, 4) is 0 Å². The lowest BCUT2D eigenvalue weighted by atomic mass is 9.93. The van der Waals surface area contributed by atoms with Gasteiger partial charge in [-0.15, -0.1) is 0 Å². The van der Waals surface area contributed by atoms with Crippen LogP contribution in [0.1, 0.15) is 33.6 Å². The molecule has 0 aliphatic rings. The highest BCUT2D eigenvalue weighted by Crippen LogP contribution is 2.21. The van der Waals surface area contributed by atoms with Crippen LogP contribution in [0.4, 0.5) is 0 Å². The number of esters is 3. The molecule has 0 atom stereocenters. The van der Waals surface area contributed by atoms with Gasteiger partial charge in [-0.25, -0.2) is 9.59 Å². The second-order valence-corrected chi connectivity index (χ2v) is 7.97. The summed E-state index contributed by atoms with van der Waals surface area (Å²) in [7, 11) is -4.08. The van der Waals surface area contributed by atoms with Crippen molar-refractivity contribution in [1.82, 2.24) is 0 Å². The lowest BCUT2D eigenvalue weighted by Gasteiger charge is -2.26. The summed E-state index contributed by atoms with van der Waals surface area (Å²) < 4.78 is 44.9. The lowest BCUT2D eigenvalue weighted by molar-refractivity contribution is -0.168. The Hall–Kier alpha value is -2.20. The van der Waals surface area contributed by atoms with E-state index in [-0.39, 0.29) is 30.6 Å². The van der Waals surface area contributed by atoms with E-state index in [2.05, 4.69) is 13.2 Å². The first-order valence-corrected chi connectivity index (χ1v) is 9.67. The third kappa shape index (κ3) is 10.5. The molecule has 1 N–H and O–H groups in total. The maximum atomic E-state index is 12.4. The molecule has 10 heteroatoms. The first-order chi connectivity index (χ1) is 12.3. The Morgan fingerprint density at radius 2 is 1.37 bits per heavy atom. The maximum Gasteiger partial charge on any atom is 0.333 e. The summed E-state index contributed by atoms with van der Waals surface area (Å²) in [5.74, 6) is -2.67. The zero-order valence-electron chi connectivity index (χ0n) is 15.8. The molecule has 0 aliphatic carbocycles. The highest BCUT2D eigenvalue weighted by molar-refractivity contribution is 7.85. The second kappa shape index (κ2) is 10.8. The third-order valence-corrected chi connectivity index (χ3v) is 4.07. The fourth-order valence-electron chi connectivity index (χ4n) is 1.58. The number of rotatable bonds is 12. The van der Waals surface area contributed by atoms with Crippen LogP contribution in [-0.4, -0.2) is 56.5 Å². The summed E-state index contributed by atoms with van der Waals surface area (Å²) in [6, 6.07) is 0. The standard InChI is InChI=1S/C17H26O9S/c1-12(2)14(18)25-10-17(5,11-26-15(19)13(3)4)16(20)24-8-6-7-9-27(21,22)23/h1,3,6-11H2,2,4-5H3,(H,21,22,23). The average molecular weight is 406 g/mol. The van der Waals surface area contributed by atoms with Gasteiger partial charge in [0.2, 0.25) is 0 Å². The minimum absolute atomic E-state index is 0.0954. The summed E-state index contributed by atoms with van der Waals surface area (Å²) in [5.41, 5.74) is -1.20. The quantitative estimate of drug-likeness (QED) is 0.168. The molecule has 0 saturated carbocycles. The van der Waals surface area contributed by atoms with Crippen LogP contribution in [0.5, 0.6) is 0 Å². The molecule has 9 nitrogen and oxygen atoms in total. The molecule has 0 amide bonds. The van der Waals surface area contributed by atoms with Crippen molar-refractivity contribution in [2.45, 2.75) is 33.6 Å². The topological polar surface area (TPSA) is 133 Å². The lowest BCUT2D eigenvalue weighted by Crippen LogP contribution is -2.40. The summed E-state index contributed by atoms with van der Waals surface area (Å²) in [5, 5.41) is 0. The normalized spacial score (nSPS) is 11.4. The minimum atomic E-state index is -4.08. The molecule has 0 aromatic rings. The first kappa shape index (κ1) is 24.8. The zero-order chi connectivity index (χ0) is 21.3. The van der Waals surface area contributed by atoms with E-state index < -0.39 is 52.4 Å². The third-order valence-electron chi connectivity index (χ3n) is 3.26. The first-order valence-electron chi connectivity index (χ1n) is 8.06. The van der Waals surface area contributed by atoms with E-state index in [4.69, 9.17) is 18.8 Å². The van der Waals surface area contributed by atoms with Crippen molar-refractivity contribution < 1.29 is 41.6 Å². The SMILES string of the molecule is C=C(C)C(=O)OCC(C)(COC(=O)C(=C)C)C(=O)OCCCCS(=O)(=O)O. The van der Waals surface area contributed by atoms with E-state index in [1.54, 1.807) is 0 Å². The van der Waals surface area contributed by atoms with Crippen molar-refractivity contribution >= 4 is 28.0 Å². The van der Waals surface area contributed by atoms with Gasteiger partial charge >= 0.3 is 17.9 Å². The van der Waals surface area contributed by atoms with Gasteiger partial charge in [-0.1, -0.05) is 13.2 Å². The molecule has 0 bridgehead atoms. The van der Waals surface area contributed by atoms with Gasteiger partial charge < -0.3 is 14.2 Å². The van der Waals surface area contributed by atoms with Gasteiger partial charge in [0, 0.05) is 11.1 Å². The van der Waals surface area contributed by atoms with Crippen LogP contribution < -0.4 is 0 Å². The number of hydrogen-bond acceptors (Lipinski definition) is 8. The van der Waals surface area contributed by atoms with E-state index in [0.29, 0.717) is 0 Å². The van der Waals surface area contributed by atoms with E-state index in [0.717, 1.165) is 0 Å². The fraction of sp³-hybridized carbons (Fsp3) is 0.588. The predicted molar refractivity (Wildman–Crippen MR) is 96.3 cm³/mol. The fourth-order valence-corrected chi connectivity index (χ4v) is 2.15. The van der Waals surface area contributed by atoms with Crippen molar-refractivity contribution in [1.29, 1.82) is 0 Å². The van der Waals surface area contributed by atoms with Crippen molar-refractivity contribution in [2.24, 2.45) is 5.41 Å². The highest BCUT2D eigenvalue weighted by atomic mass is 32.2. The van der Waals surface area contributed by atoms with Gasteiger partial charge in [0.15, 0.2) is 0 Å². The Bertz CT molecular complexity index is 661. The number of ether oxygens (including phenoxy) is 3. The second-order valence-electron chi connectivity index (χ2n) is 6.40. The zero-order valence-corrected chi connectivity index (χ0v) is 16.6. The van der Waals surface area contributed by atoms with Gasteiger partial charge in [0.1, 0.15) is 18.6 Å². The molecular formula is C17H26O9S. The van der Waals surface area contributed by atoms with Crippen molar-refractivity contribution in [3.63, 3.8) is 0 Å². The molecule has 0 aromatic heterocycles. The molecule has 0 radical (unpaired) electrons. The molecule has 0 rings (SSSR count). The van der Waals surface area contributed by atoms with Crippen LogP contribution >= 0.6 is 0 Å². The highest BCUT2D eigenvalue weighted by Gasteiger charge is 2.38. The maximum absolute atomic E-state index is 12.4. The van der Waals surface area contributed by atoms with Crippen molar-refractivity contribution in [2.75, 3.05) is 25.6 Å². The van der Waals surface area contributed by atoms with E-state index in [1.165, 1.54) is 20.8 Å². The Morgan fingerprint density at radius 1 is 0.926 bits per heavy atom. The largest absolute Gasteiger partial charge is 0.465 e. The van der Waals surface area contributed by atoms with Gasteiger partial charge in [0.05, 0.1) is 12.4 Å². The summed E-state index contributed by atoms with van der Waals surface area (Å²) in [6.07, 6.45) is 0.289. The van der Waals surface area contributed by atoms with Crippen LogP contribution in [0.3, 0.4) is 0 Å². The monoisotopic (exact) mass is 406 g/mol. The number of hydrogen-bond donors (Lipinski definition) is 1. The van der Waals surface area contributed by atoms with Gasteiger partial charge in [-0.2, -0.15) is 8.42 Å². The Kier molecular flexibility index (Phi) is 9.95. The summed E-state index contributed by atoms with van der Waals surface area (Å²) >= 11 is 0. The minimum Gasteiger partial charge on any atom is -0.465 e. The van der Waals surface area contributed by atoms with Gasteiger partial charge in [-0.05, 0) is 33.6 Å². The van der Waals surface area contributed by atoms with E-state index in [9.17, 15) is 22.8 Å². The molecule has 0 spiro atoms. The number of unbranched alkanes of at least 4 members (excludes halogenated alkanes) is 1. The van der Waals surface area contributed by atoms with Crippen LogP contribution in [0.25, 0.3) is 0 Å². The smallest absolute Gasteiger partial charge is 0.333 e. The summed E-state index contributed by atoms with van der Waals surface area (Å²) in [6.45, 7) is 10.2. The van der Waals surface area contributed by atoms with Crippen LogP contribution in [0.2, 0.25) is 0 Å². The average Bonchev–Trinajstić information content (AvgIpc) is 2.55. The number of carbonyl (C=O) groups excluding carboxylic acids is 3. The molecule has 0 aliphatic heterocycles. The van der Waals surface area contributed by atoms with E-state index >= 15 is 0 Å². The number of carbonyl (C=O) groups is 3. The Labute approximate surface area is 159 Å². The molecule has 0 aromatic carbocycles. The summed E-state index contributed by atoms with van der Waals surface area (Å²) in [4.78, 5) is 35.5. The van der Waals surface area contributed by atoms with Crippen LogP contribution in [0, 0.1) is 5.41 Å². The molecular weight excluding hydrogens is 380 g/mol. The molecule has 0 heterocycles. The van der Waals surface area contributed by atoms with E-state index in [1.807, 2.05) is 0 Å². The van der Waals surface area contributed by atoms with Gasteiger partial charge in [0.25, 0.3) is 10.1 Å². The molecule has 154 valence electrons. The molecule has 27 heavy (non-hydrogen) atoms. The van der Waals surface area contributed by atoms with Crippen LogP contribution in [0.15, 0.2) is 24.3 Å². The Balaban J connectivity index is 4.85. The molecule has 0 unspecified atom stereocenters. The van der Waals surface area contributed by atoms with Crippen LogP contribution in [-0.2, 0) is 38.7 Å². The Morgan fingerprint density at radius 3 is 1.74 bits per heavy atom. The molecule has 0 fully saturated rings. The molecule has 0 saturated heterocycles.